The van der Waals surface area contributed by atoms with E-state index in [0.717, 1.165) is 5.56 Å². The Balaban J connectivity index is 2.32. The Morgan fingerprint density at radius 2 is 2.23 bits per heavy atom. The quantitative estimate of drug-likeness (QED) is 0.882. The van der Waals surface area contributed by atoms with Crippen molar-refractivity contribution in [3.05, 3.63) is 23.5 Å². The smallest absolute Gasteiger partial charge is 0.376 e. The Bertz CT molecular complexity index is 761. The fraction of sp³-hybridized carbons (Fsp3) is 0.375. The Hall–Kier alpha value is -2.50. The minimum absolute atomic E-state index is 0.00468. The third-order valence-corrected chi connectivity index (χ3v) is 3.80. The number of carbonyl (C=O) groups is 2. The first-order valence-corrected chi connectivity index (χ1v) is 7.17. The third kappa shape index (κ3) is 2.11. The highest BCUT2D eigenvalue weighted by molar-refractivity contribution is 6.13. The Labute approximate surface area is 127 Å². The van der Waals surface area contributed by atoms with Crippen molar-refractivity contribution in [2.75, 3.05) is 19.0 Å². The number of amides is 1. The van der Waals surface area contributed by atoms with Gasteiger partial charge in [-0.2, -0.15) is 0 Å². The number of carbonyl (C=O) groups excluding carboxylic acids is 2. The molecule has 1 aromatic carbocycles. The number of ether oxygens (including phenoxy) is 2. The molecule has 1 unspecified atom stereocenters. The zero-order valence-electron chi connectivity index (χ0n) is 12.7. The second-order valence-corrected chi connectivity index (χ2v) is 5.24. The van der Waals surface area contributed by atoms with Crippen molar-refractivity contribution in [3.63, 3.8) is 0 Å². The molecular weight excluding hydrogens is 286 g/mol. The highest BCUT2D eigenvalue weighted by Gasteiger charge is 2.31. The lowest BCUT2D eigenvalue weighted by Crippen LogP contribution is -2.14. The van der Waals surface area contributed by atoms with Gasteiger partial charge in [-0.25, -0.2) is 4.79 Å². The van der Waals surface area contributed by atoms with E-state index in [-0.39, 0.29) is 24.2 Å². The van der Waals surface area contributed by atoms with Gasteiger partial charge < -0.3 is 19.2 Å². The maximum Gasteiger partial charge on any atom is 0.376 e. The molecular formula is C16H17NO5. The third-order valence-electron chi connectivity index (χ3n) is 3.80. The van der Waals surface area contributed by atoms with Gasteiger partial charge in [0.15, 0.2) is 11.3 Å². The van der Waals surface area contributed by atoms with Gasteiger partial charge in [-0.3, -0.25) is 4.79 Å². The van der Waals surface area contributed by atoms with Gasteiger partial charge in [0.1, 0.15) is 5.69 Å². The molecule has 1 aliphatic rings. The van der Waals surface area contributed by atoms with Crippen LogP contribution < -0.4 is 10.1 Å². The summed E-state index contributed by atoms with van der Waals surface area (Å²) in [4.78, 5) is 24.2. The van der Waals surface area contributed by atoms with E-state index in [1.807, 2.05) is 13.0 Å². The van der Waals surface area contributed by atoms with Crippen LogP contribution in [0.4, 0.5) is 5.69 Å². The first-order valence-electron chi connectivity index (χ1n) is 7.17. The monoisotopic (exact) mass is 303 g/mol. The maximum absolute atomic E-state index is 12.1. The van der Waals surface area contributed by atoms with E-state index in [1.165, 1.54) is 7.11 Å². The molecule has 1 aliphatic heterocycles. The van der Waals surface area contributed by atoms with Gasteiger partial charge in [0.2, 0.25) is 11.7 Å². The molecule has 0 aliphatic carbocycles. The van der Waals surface area contributed by atoms with Crippen LogP contribution in [0, 0.1) is 0 Å². The van der Waals surface area contributed by atoms with Crippen LogP contribution in [-0.2, 0) is 9.53 Å². The van der Waals surface area contributed by atoms with Crippen molar-refractivity contribution in [1.29, 1.82) is 0 Å². The highest BCUT2D eigenvalue weighted by atomic mass is 16.5. The van der Waals surface area contributed by atoms with Crippen LogP contribution in [0.1, 0.15) is 42.3 Å². The fourth-order valence-corrected chi connectivity index (χ4v) is 2.81. The second-order valence-electron chi connectivity index (χ2n) is 5.24. The molecule has 0 radical (unpaired) electrons. The molecule has 0 bridgehead atoms. The van der Waals surface area contributed by atoms with E-state index in [0.29, 0.717) is 28.8 Å². The molecule has 0 fully saturated rings. The van der Waals surface area contributed by atoms with Crippen LogP contribution in [-0.4, -0.2) is 25.6 Å². The van der Waals surface area contributed by atoms with Crippen LogP contribution in [0.25, 0.3) is 11.0 Å². The van der Waals surface area contributed by atoms with Gasteiger partial charge in [0, 0.05) is 6.42 Å². The zero-order chi connectivity index (χ0) is 15.9. The normalized spacial score (nSPS) is 17.0. The largest absolute Gasteiger partial charge is 0.493 e. The van der Waals surface area contributed by atoms with Gasteiger partial charge in [-0.05, 0) is 24.5 Å². The molecule has 6 nitrogen and oxygen atoms in total. The molecule has 0 saturated carbocycles. The summed E-state index contributed by atoms with van der Waals surface area (Å²) in [6.07, 6.45) is 0.346. The zero-order valence-corrected chi connectivity index (χ0v) is 12.7. The lowest BCUT2D eigenvalue weighted by atomic mass is 9.95. The summed E-state index contributed by atoms with van der Waals surface area (Å²) < 4.78 is 16.0. The molecule has 0 spiro atoms. The van der Waals surface area contributed by atoms with Crippen molar-refractivity contribution >= 4 is 28.5 Å². The van der Waals surface area contributed by atoms with Gasteiger partial charge in [0.25, 0.3) is 0 Å². The molecule has 6 heteroatoms. The average Bonchev–Trinajstić information content (AvgIpc) is 2.79. The van der Waals surface area contributed by atoms with Gasteiger partial charge in [-0.15, -0.1) is 0 Å². The molecule has 3 rings (SSSR count). The number of anilines is 1. The lowest BCUT2D eigenvalue weighted by Gasteiger charge is -2.10. The number of hydrogen-bond acceptors (Lipinski definition) is 5. The molecule has 1 atom stereocenters. The molecule has 2 heterocycles. The standard InChI is InChI=1S/C16H17NO5/c1-4-21-16(19)15-13-12-9(8(2)7-11(18)17-13)5-6-10(20-3)14(12)22-15/h5-6,8H,4,7H2,1-3H3,(H,17,18). The van der Waals surface area contributed by atoms with E-state index in [9.17, 15) is 9.59 Å². The summed E-state index contributed by atoms with van der Waals surface area (Å²) in [5, 5.41) is 3.48. The summed E-state index contributed by atoms with van der Waals surface area (Å²) in [5.41, 5.74) is 1.77. The first kappa shape index (κ1) is 14.4. The van der Waals surface area contributed by atoms with Crippen LogP contribution in [0.15, 0.2) is 16.5 Å². The summed E-state index contributed by atoms with van der Waals surface area (Å²) in [6, 6.07) is 3.69. The van der Waals surface area contributed by atoms with Crippen molar-refractivity contribution < 1.29 is 23.5 Å². The first-order chi connectivity index (χ1) is 10.6. The number of methoxy groups -OCH3 is 1. The SMILES string of the molecule is CCOC(=O)c1oc2c(OC)ccc3c2c1NC(=O)CC3C. The minimum atomic E-state index is -0.600. The second kappa shape index (κ2) is 5.36. The summed E-state index contributed by atoms with van der Waals surface area (Å²) >= 11 is 0. The molecule has 22 heavy (non-hydrogen) atoms. The lowest BCUT2D eigenvalue weighted by molar-refractivity contribution is -0.116. The van der Waals surface area contributed by atoms with E-state index in [1.54, 1.807) is 13.0 Å². The molecule has 116 valence electrons. The highest BCUT2D eigenvalue weighted by Crippen LogP contribution is 2.43. The van der Waals surface area contributed by atoms with E-state index < -0.39 is 5.97 Å². The summed E-state index contributed by atoms with van der Waals surface area (Å²) in [7, 11) is 1.53. The van der Waals surface area contributed by atoms with Crippen molar-refractivity contribution in [1.82, 2.24) is 0 Å². The van der Waals surface area contributed by atoms with Gasteiger partial charge >= 0.3 is 5.97 Å². The summed E-state index contributed by atoms with van der Waals surface area (Å²) in [5.74, 6) is -0.223. The molecule has 1 aromatic heterocycles. The molecule has 1 N–H and O–H groups in total. The Morgan fingerprint density at radius 1 is 1.45 bits per heavy atom. The minimum Gasteiger partial charge on any atom is -0.493 e. The Morgan fingerprint density at radius 3 is 2.91 bits per heavy atom. The van der Waals surface area contributed by atoms with Crippen molar-refractivity contribution in [3.8, 4) is 5.75 Å². The number of nitrogens with one attached hydrogen (secondary N) is 1. The number of esters is 1. The van der Waals surface area contributed by atoms with Crippen LogP contribution in [0.5, 0.6) is 5.75 Å². The molecule has 0 saturated heterocycles. The van der Waals surface area contributed by atoms with Gasteiger partial charge in [0.05, 0.1) is 19.1 Å². The predicted molar refractivity (Wildman–Crippen MR) is 80.4 cm³/mol. The molecule has 2 aromatic rings. The number of hydrogen-bond donors (Lipinski definition) is 1. The Kier molecular flexibility index (Phi) is 3.52. The summed E-state index contributed by atoms with van der Waals surface area (Å²) in [6.45, 7) is 3.90. The predicted octanol–water partition coefficient (Wildman–Crippen LogP) is 3.06. The fourth-order valence-electron chi connectivity index (χ4n) is 2.81. The average molecular weight is 303 g/mol. The topological polar surface area (TPSA) is 77.8 Å². The number of furan rings is 1. The van der Waals surface area contributed by atoms with Crippen molar-refractivity contribution in [2.45, 2.75) is 26.2 Å². The van der Waals surface area contributed by atoms with Crippen LogP contribution in [0.2, 0.25) is 0 Å². The van der Waals surface area contributed by atoms with E-state index in [2.05, 4.69) is 5.32 Å². The van der Waals surface area contributed by atoms with E-state index >= 15 is 0 Å². The molecule has 1 amide bonds. The maximum atomic E-state index is 12.1. The van der Waals surface area contributed by atoms with Crippen molar-refractivity contribution in [2.24, 2.45) is 0 Å². The van der Waals surface area contributed by atoms with Gasteiger partial charge in [-0.1, -0.05) is 13.0 Å². The van der Waals surface area contributed by atoms with E-state index in [4.69, 9.17) is 13.9 Å². The van der Waals surface area contributed by atoms with Crippen LogP contribution in [0.3, 0.4) is 0 Å². The number of benzene rings is 1. The number of rotatable bonds is 3. The van der Waals surface area contributed by atoms with Crippen LogP contribution >= 0.6 is 0 Å².